The largest absolute Gasteiger partial charge is 0.391 e. The van der Waals surface area contributed by atoms with Crippen molar-refractivity contribution in [1.29, 1.82) is 0 Å². The maximum atomic E-state index is 12.6. The zero-order valence-electron chi connectivity index (χ0n) is 15.2. The van der Waals surface area contributed by atoms with Crippen molar-refractivity contribution in [3.63, 3.8) is 0 Å². The first-order valence-electron chi connectivity index (χ1n) is 9.48. The Morgan fingerprint density at radius 1 is 1.19 bits per heavy atom. The number of hydrogen-bond donors (Lipinski definition) is 2. The van der Waals surface area contributed by atoms with E-state index in [2.05, 4.69) is 9.88 Å². The van der Waals surface area contributed by atoms with Crippen molar-refractivity contribution in [2.75, 3.05) is 44.2 Å². The van der Waals surface area contributed by atoms with Crippen molar-refractivity contribution in [2.45, 2.75) is 18.8 Å². The number of aliphatic hydroxyl groups is 1. The van der Waals surface area contributed by atoms with Gasteiger partial charge in [-0.1, -0.05) is 23.7 Å². The van der Waals surface area contributed by atoms with Crippen LogP contribution in [0.5, 0.6) is 0 Å². The van der Waals surface area contributed by atoms with Gasteiger partial charge in [0.2, 0.25) is 5.95 Å². The van der Waals surface area contributed by atoms with E-state index in [0.717, 1.165) is 50.4 Å². The van der Waals surface area contributed by atoms with Gasteiger partial charge in [-0.25, -0.2) is 9.97 Å². The van der Waals surface area contributed by atoms with Gasteiger partial charge in [0.15, 0.2) is 5.78 Å². The highest BCUT2D eigenvalue weighted by atomic mass is 35.5. The van der Waals surface area contributed by atoms with Crippen LogP contribution < -0.4 is 9.80 Å². The number of nitrogens with one attached hydrogen (secondary N) is 1. The Balaban J connectivity index is 1.52. The van der Waals surface area contributed by atoms with Crippen molar-refractivity contribution < 1.29 is 14.8 Å². The molecule has 0 radical (unpaired) electrons. The molecule has 7 heteroatoms. The van der Waals surface area contributed by atoms with Gasteiger partial charge < -0.3 is 14.9 Å². The molecule has 6 nitrogen and oxygen atoms in total. The minimum atomic E-state index is 0.111. The average Bonchev–Trinajstić information content (AvgIpc) is 2.69. The Bertz CT molecular complexity index is 819. The van der Waals surface area contributed by atoms with Crippen LogP contribution in [-0.2, 0) is 6.42 Å². The lowest BCUT2D eigenvalue weighted by Crippen LogP contribution is -3.15. The second-order valence-corrected chi connectivity index (χ2v) is 7.76. The zero-order chi connectivity index (χ0) is 18.8. The number of benzene rings is 1. The monoisotopic (exact) mass is 387 g/mol. The Morgan fingerprint density at radius 3 is 2.63 bits per heavy atom. The van der Waals surface area contributed by atoms with Gasteiger partial charge in [0.1, 0.15) is 6.54 Å². The lowest BCUT2D eigenvalue weighted by Gasteiger charge is -2.32. The van der Waals surface area contributed by atoms with Crippen LogP contribution in [0.1, 0.15) is 34.0 Å². The number of aromatic nitrogens is 2. The molecule has 1 aromatic carbocycles. The van der Waals surface area contributed by atoms with E-state index in [1.54, 1.807) is 6.20 Å². The van der Waals surface area contributed by atoms with Crippen molar-refractivity contribution in [3.05, 3.63) is 52.3 Å². The molecule has 1 aliphatic heterocycles. The third-order valence-corrected chi connectivity index (χ3v) is 5.84. The summed E-state index contributed by atoms with van der Waals surface area (Å²) in [6.07, 6.45) is 2.93. The van der Waals surface area contributed by atoms with Gasteiger partial charge in [0.25, 0.3) is 0 Å². The average molecular weight is 388 g/mol. The topological polar surface area (TPSA) is 70.8 Å². The lowest BCUT2D eigenvalue weighted by atomic mass is 9.82. The molecular weight excluding hydrogens is 364 g/mol. The summed E-state index contributed by atoms with van der Waals surface area (Å²) >= 11 is 5.99. The summed E-state index contributed by atoms with van der Waals surface area (Å²) in [6, 6.07) is 7.74. The molecule has 4 rings (SSSR count). The van der Waals surface area contributed by atoms with Crippen LogP contribution >= 0.6 is 11.6 Å². The maximum absolute atomic E-state index is 12.6. The molecule has 1 saturated heterocycles. The number of nitrogens with zero attached hydrogens (tertiary/aromatic N) is 3. The smallest absolute Gasteiger partial charge is 0.225 e. The predicted octanol–water partition coefficient (Wildman–Crippen LogP) is 0.740. The molecule has 0 amide bonds. The van der Waals surface area contributed by atoms with Crippen LogP contribution in [0.2, 0.25) is 5.02 Å². The molecule has 0 saturated carbocycles. The molecule has 2 aliphatic rings. The van der Waals surface area contributed by atoms with Gasteiger partial charge in [-0.2, -0.15) is 0 Å². The van der Waals surface area contributed by atoms with Crippen molar-refractivity contribution in [3.8, 4) is 0 Å². The summed E-state index contributed by atoms with van der Waals surface area (Å²) in [6.45, 7) is 4.67. The van der Waals surface area contributed by atoms with Crippen molar-refractivity contribution in [2.24, 2.45) is 0 Å². The first kappa shape index (κ1) is 18.3. The highest BCUT2D eigenvalue weighted by Crippen LogP contribution is 2.32. The Labute approximate surface area is 163 Å². The van der Waals surface area contributed by atoms with Gasteiger partial charge in [-0.3, -0.25) is 4.79 Å². The number of hydrogen-bond acceptors (Lipinski definition) is 5. The molecule has 0 spiro atoms. The van der Waals surface area contributed by atoms with Crippen LogP contribution in [0.15, 0.2) is 30.5 Å². The Kier molecular flexibility index (Phi) is 5.38. The summed E-state index contributed by atoms with van der Waals surface area (Å²) in [4.78, 5) is 25.4. The van der Waals surface area contributed by atoms with Crippen LogP contribution in [0.25, 0.3) is 0 Å². The number of halogens is 1. The van der Waals surface area contributed by atoms with E-state index in [4.69, 9.17) is 21.7 Å². The van der Waals surface area contributed by atoms with E-state index in [0.29, 0.717) is 23.0 Å². The fraction of sp³-hybridized carbons (Fsp3) is 0.450. The fourth-order valence-corrected chi connectivity index (χ4v) is 4.11. The van der Waals surface area contributed by atoms with Gasteiger partial charge in [0, 0.05) is 17.6 Å². The zero-order valence-corrected chi connectivity index (χ0v) is 16.0. The van der Waals surface area contributed by atoms with E-state index < -0.39 is 0 Å². The van der Waals surface area contributed by atoms with Gasteiger partial charge in [0.05, 0.1) is 44.0 Å². The minimum Gasteiger partial charge on any atom is -0.391 e. The molecule has 2 aromatic rings. The SMILES string of the molecule is O=C1C[C@@H](c2ccc(Cl)cc2)Cc2nc(N3CC[NH+](CCO)CC3)ncc21. The lowest BCUT2D eigenvalue weighted by molar-refractivity contribution is -0.900. The van der Waals surface area contributed by atoms with Gasteiger partial charge in [-0.15, -0.1) is 0 Å². The van der Waals surface area contributed by atoms with Crippen LogP contribution in [-0.4, -0.2) is 60.2 Å². The highest BCUT2D eigenvalue weighted by Gasteiger charge is 2.29. The second-order valence-electron chi connectivity index (χ2n) is 7.32. The molecule has 2 N–H and O–H groups in total. The van der Waals surface area contributed by atoms with Gasteiger partial charge >= 0.3 is 0 Å². The van der Waals surface area contributed by atoms with E-state index in [1.807, 2.05) is 24.3 Å². The predicted molar refractivity (Wildman–Crippen MR) is 104 cm³/mol. The standard InChI is InChI=1S/C20H23ClN4O2/c21-16-3-1-14(2-4-16)15-11-18-17(19(27)12-15)13-22-20(23-18)25-7-5-24(6-8-25)9-10-26/h1-4,13,15,26H,5-12H2/p+1/t15-/m0/s1. The third kappa shape index (κ3) is 3.98. The molecule has 1 atom stereocenters. The number of carbonyl (C=O) groups excluding carboxylic acids is 1. The molecule has 142 valence electrons. The van der Waals surface area contributed by atoms with Gasteiger partial charge in [-0.05, 0) is 30.0 Å². The minimum absolute atomic E-state index is 0.111. The van der Waals surface area contributed by atoms with Crippen LogP contribution in [0.4, 0.5) is 5.95 Å². The molecule has 2 heterocycles. The first-order valence-corrected chi connectivity index (χ1v) is 9.86. The number of carbonyl (C=O) groups is 1. The summed E-state index contributed by atoms with van der Waals surface area (Å²) in [5.74, 6) is 0.956. The molecule has 27 heavy (non-hydrogen) atoms. The summed E-state index contributed by atoms with van der Waals surface area (Å²) in [5, 5.41) is 9.80. The Hall–Kier alpha value is -2.02. The van der Waals surface area contributed by atoms with E-state index in [9.17, 15) is 4.79 Å². The van der Waals surface area contributed by atoms with Crippen LogP contribution in [0, 0.1) is 0 Å². The second kappa shape index (κ2) is 7.92. The molecule has 1 aromatic heterocycles. The number of aliphatic hydroxyl groups excluding tert-OH is 1. The number of fused-ring (bicyclic) bond motifs is 1. The maximum Gasteiger partial charge on any atom is 0.225 e. The molecular formula is C20H24ClN4O2+. The molecule has 0 bridgehead atoms. The number of rotatable bonds is 4. The Morgan fingerprint density at radius 2 is 1.93 bits per heavy atom. The van der Waals surface area contributed by atoms with E-state index in [-0.39, 0.29) is 18.3 Å². The number of anilines is 1. The van der Waals surface area contributed by atoms with E-state index >= 15 is 0 Å². The normalized spacial score (nSPS) is 20.6. The number of ketones is 1. The highest BCUT2D eigenvalue weighted by molar-refractivity contribution is 6.30. The van der Waals surface area contributed by atoms with Crippen molar-refractivity contribution >= 4 is 23.3 Å². The molecule has 0 unspecified atom stereocenters. The summed E-state index contributed by atoms with van der Waals surface area (Å²) < 4.78 is 0. The quantitative estimate of drug-likeness (QED) is 0.809. The van der Waals surface area contributed by atoms with Crippen LogP contribution in [0.3, 0.4) is 0 Å². The van der Waals surface area contributed by atoms with E-state index in [1.165, 1.54) is 4.90 Å². The fourth-order valence-electron chi connectivity index (χ4n) is 3.99. The summed E-state index contributed by atoms with van der Waals surface area (Å²) in [7, 11) is 0. The molecule has 1 fully saturated rings. The number of piperazine rings is 1. The third-order valence-electron chi connectivity index (χ3n) is 5.59. The summed E-state index contributed by atoms with van der Waals surface area (Å²) in [5.41, 5.74) is 2.63. The first-order chi connectivity index (χ1) is 13.1. The number of Topliss-reactive ketones (excluding diaryl/α,β-unsaturated/α-hetero) is 1. The van der Waals surface area contributed by atoms with Crippen molar-refractivity contribution in [1.82, 2.24) is 9.97 Å². The molecule has 1 aliphatic carbocycles. The number of quaternary nitrogens is 1.